The molecule has 0 aromatic rings. The molecule has 0 N–H and O–H groups in total. The molecule has 11 heavy (non-hydrogen) atoms. The van der Waals surface area contributed by atoms with E-state index in [4.69, 9.17) is 14.2 Å². The maximum Gasteiger partial charge on any atom is 0.163 e. The lowest BCUT2D eigenvalue weighted by atomic mass is 9.97. The molecular weight excluding hydrogens is 144 g/mol. The van der Waals surface area contributed by atoms with Crippen LogP contribution in [0.5, 0.6) is 0 Å². The van der Waals surface area contributed by atoms with E-state index < -0.39 is 0 Å². The van der Waals surface area contributed by atoms with Crippen LogP contribution >= 0.6 is 0 Å². The number of ether oxygens (including phenoxy) is 3. The zero-order chi connectivity index (χ0) is 7.68. The molecule has 3 nitrogen and oxygen atoms in total. The molecule has 0 aromatic heterocycles. The first-order valence-electron chi connectivity index (χ1n) is 4.18. The highest BCUT2D eigenvalue weighted by molar-refractivity contribution is 4.81. The van der Waals surface area contributed by atoms with Crippen molar-refractivity contribution in [2.24, 2.45) is 5.92 Å². The molecule has 64 valence electrons. The van der Waals surface area contributed by atoms with Gasteiger partial charge in [0.2, 0.25) is 0 Å². The van der Waals surface area contributed by atoms with Crippen LogP contribution in [0.25, 0.3) is 0 Å². The molecule has 2 rings (SSSR count). The van der Waals surface area contributed by atoms with Gasteiger partial charge in [0.1, 0.15) is 0 Å². The Morgan fingerprint density at radius 2 is 2.27 bits per heavy atom. The third-order valence-electron chi connectivity index (χ3n) is 2.52. The van der Waals surface area contributed by atoms with Gasteiger partial charge in [0.25, 0.3) is 0 Å². The van der Waals surface area contributed by atoms with Gasteiger partial charge in [-0.2, -0.15) is 0 Å². The predicted molar refractivity (Wildman–Crippen MR) is 39.2 cm³/mol. The Hall–Kier alpha value is -0.120. The molecule has 3 heteroatoms. The largest absolute Gasteiger partial charge is 0.379 e. The highest BCUT2D eigenvalue weighted by atomic mass is 16.7. The first-order chi connectivity index (χ1) is 5.42. The van der Waals surface area contributed by atoms with Crippen LogP contribution in [0.1, 0.15) is 12.8 Å². The van der Waals surface area contributed by atoms with Crippen LogP contribution in [-0.4, -0.2) is 32.7 Å². The standard InChI is InChI=1S/C8H14O3/c1-9-7-5-11-8-6(7)3-2-4-10-8/h6-8H,2-5H2,1H3. The minimum atomic E-state index is 0.0219. The zero-order valence-corrected chi connectivity index (χ0v) is 6.79. The van der Waals surface area contributed by atoms with Gasteiger partial charge in [-0.05, 0) is 12.8 Å². The smallest absolute Gasteiger partial charge is 0.163 e. The summed E-state index contributed by atoms with van der Waals surface area (Å²) in [6.45, 7) is 1.55. The van der Waals surface area contributed by atoms with Crippen LogP contribution in [0.4, 0.5) is 0 Å². The fraction of sp³-hybridized carbons (Fsp3) is 1.00. The summed E-state index contributed by atoms with van der Waals surface area (Å²) in [4.78, 5) is 0. The van der Waals surface area contributed by atoms with Crippen LogP contribution in [-0.2, 0) is 14.2 Å². The SMILES string of the molecule is COC1COC2OCCCC12. The second-order valence-electron chi connectivity index (χ2n) is 3.15. The van der Waals surface area contributed by atoms with Gasteiger partial charge in [-0.3, -0.25) is 0 Å². The van der Waals surface area contributed by atoms with E-state index in [-0.39, 0.29) is 12.4 Å². The van der Waals surface area contributed by atoms with Crippen molar-refractivity contribution in [3.8, 4) is 0 Å². The third-order valence-corrected chi connectivity index (χ3v) is 2.52. The topological polar surface area (TPSA) is 27.7 Å². The van der Waals surface area contributed by atoms with E-state index in [1.54, 1.807) is 7.11 Å². The van der Waals surface area contributed by atoms with E-state index in [0.717, 1.165) is 13.0 Å². The first-order valence-corrected chi connectivity index (χ1v) is 4.18. The van der Waals surface area contributed by atoms with Gasteiger partial charge in [-0.25, -0.2) is 0 Å². The first kappa shape index (κ1) is 7.53. The Kier molecular flexibility index (Phi) is 2.11. The van der Waals surface area contributed by atoms with Crippen molar-refractivity contribution in [3.05, 3.63) is 0 Å². The second-order valence-corrected chi connectivity index (χ2v) is 3.15. The quantitative estimate of drug-likeness (QED) is 0.564. The van der Waals surface area contributed by atoms with E-state index in [1.807, 2.05) is 0 Å². The lowest BCUT2D eigenvalue weighted by Gasteiger charge is -2.26. The molecule has 3 unspecified atom stereocenters. The van der Waals surface area contributed by atoms with E-state index >= 15 is 0 Å². The summed E-state index contributed by atoms with van der Waals surface area (Å²) in [5.74, 6) is 0.480. The summed E-state index contributed by atoms with van der Waals surface area (Å²) in [5.41, 5.74) is 0. The van der Waals surface area contributed by atoms with Crippen LogP contribution in [0.2, 0.25) is 0 Å². The van der Waals surface area contributed by atoms with E-state index in [2.05, 4.69) is 0 Å². The van der Waals surface area contributed by atoms with Gasteiger partial charge in [0, 0.05) is 19.6 Å². The van der Waals surface area contributed by atoms with Crippen LogP contribution in [0.3, 0.4) is 0 Å². The number of fused-ring (bicyclic) bond motifs is 1. The molecule has 2 fully saturated rings. The summed E-state index contributed by atoms with van der Waals surface area (Å²) in [7, 11) is 1.74. The summed E-state index contributed by atoms with van der Waals surface area (Å²) < 4.78 is 16.1. The summed E-state index contributed by atoms with van der Waals surface area (Å²) in [6, 6.07) is 0. The van der Waals surface area contributed by atoms with E-state index in [0.29, 0.717) is 12.5 Å². The van der Waals surface area contributed by atoms with Gasteiger partial charge >= 0.3 is 0 Å². The lowest BCUT2D eigenvalue weighted by Crippen LogP contribution is -2.31. The van der Waals surface area contributed by atoms with Gasteiger partial charge in [0.15, 0.2) is 6.29 Å². The summed E-state index contributed by atoms with van der Waals surface area (Å²) in [5, 5.41) is 0. The molecule has 2 aliphatic rings. The molecule has 0 saturated carbocycles. The van der Waals surface area contributed by atoms with Crippen LogP contribution < -0.4 is 0 Å². The van der Waals surface area contributed by atoms with Crippen molar-refractivity contribution >= 4 is 0 Å². The van der Waals surface area contributed by atoms with Crippen molar-refractivity contribution in [1.29, 1.82) is 0 Å². The predicted octanol–water partition coefficient (Wildman–Crippen LogP) is 0.784. The Morgan fingerprint density at radius 3 is 3.09 bits per heavy atom. The van der Waals surface area contributed by atoms with Gasteiger partial charge in [-0.1, -0.05) is 0 Å². The lowest BCUT2D eigenvalue weighted by molar-refractivity contribution is -0.152. The number of methoxy groups -OCH3 is 1. The molecule has 0 aliphatic carbocycles. The highest BCUT2D eigenvalue weighted by Crippen LogP contribution is 2.31. The van der Waals surface area contributed by atoms with E-state index in [9.17, 15) is 0 Å². The number of hydrogen-bond acceptors (Lipinski definition) is 3. The molecule has 2 saturated heterocycles. The maximum atomic E-state index is 5.43. The Labute approximate surface area is 66.6 Å². The van der Waals surface area contributed by atoms with E-state index in [1.165, 1.54) is 6.42 Å². The zero-order valence-electron chi connectivity index (χ0n) is 6.79. The summed E-state index contributed by atoms with van der Waals surface area (Å²) >= 11 is 0. The van der Waals surface area contributed by atoms with Crippen molar-refractivity contribution < 1.29 is 14.2 Å². The van der Waals surface area contributed by atoms with Crippen molar-refractivity contribution in [3.63, 3.8) is 0 Å². The molecule has 0 amide bonds. The maximum absolute atomic E-state index is 5.43. The molecule has 0 bridgehead atoms. The molecule has 0 radical (unpaired) electrons. The third kappa shape index (κ3) is 1.28. The summed E-state index contributed by atoms with van der Waals surface area (Å²) in [6.07, 6.45) is 2.61. The van der Waals surface area contributed by atoms with Crippen LogP contribution in [0, 0.1) is 5.92 Å². The second kappa shape index (κ2) is 3.09. The highest BCUT2D eigenvalue weighted by Gasteiger charge is 2.39. The fourth-order valence-electron chi connectivity index (χ4n) is 1.87. The number of hydrogen-bond donors (Lipinski definition) is 0. The van der Waals surface area contributed by atoms with Gasteiger partial charge < -0.3 is 14.2 Å². The monoisotopic (exact) mass is 158 g/mol. The Balaban J connectivity index is 1.98. The van der Waals surface area contributed by atoms with Crippen molar-refractivity contribution in [2.75, 3.05) is 20.3 Å². The van der Waals surface area contributed by atoms with Crippen molar-refractivity contribution in [2.45, 2.75) is 25.2 Å². The molecule has 3 atom stereocenters. The Bertz CT molecular complexity index is 131. The Morgan fingerprint density at radius 1 is 1.36 bits per heavy atom. The van der Waals surface area contributed by atoms with Crippen molar-refractivity contribution in [1.82, 2.24) is 0 Å². The molecule has 2 heterocycles. The average molecular weight is 158 g/mol. The van der Waals surface area contributed by atoms with Gasteiger partial charge in [-0.15, -0.1) is 0 Å². The van der Waals surface area contributed by atoms with Crippen LogP contribution in [0.15, 0.2) is 0 Å². The molecule has 0 spiro atoms. The minimum absolute atomic E-state index is 0.0219. The average Bonchev–Trinajstić information content (AvgIpc) is 2.47. The minimum Gasteiger partial charge on any atom is -0.379 e. The molecule has 2 aliphatic heterocycles. The molecule has 0 aromatic carbocycles. The number of rotatable bonds is 1. The normalized spacial score (nSPS) is 43.9. The van der Waals surface area contributed by atoms with Gasteiger partial charge in [0.05, 0.1) is 12.7 Å². The fourth-order valence-corrected chi connectivity index (χ4v) is 1.87. The molecular formula is C8H14O3.